The average molecular weight is 278 g/mol. The molecule has 1 saturated carbocycles. The van der Waals surface area contributed by atoms with Crippen molar-refractivity contribution in [1.82, 2.24) is 4.90 Å². The molecule has 1 aromatic rings. The van der Waals surface area contributed by atoms with Gasteiger partial charge in [0.25, 0.3) is 5.91 Å². The van der Waals surface area contributed by atoms with Crippen molar-refractivity contribution in [1.29, 1.82) is 5.26 Å². The Morgan fingerprint density at radius 1 is 1.05 bits per heavy atom. The number of piperidine rings is 1. The minimum Gasteiger partial charge on any atom is -0.332 e. The highest BCUT2D eigenvalue weighted by atomic mass is 16.2. The Bertz CT molecular complexity index is 643. The van der Waals surface area contributed by atoms with Gasteiger partial charge in [0.2, 0.25) is 0 Å². The van der Waals surface area contributed by atoms with Crippen molar-refractivity contribution < 1.29 is 4.79 Å². The van der Waals surface area contributed by atoms with Crippen LogP contribution >= 0.6 is 0 Å². The van der Waals surface area contributed by atoms with Gasteiger partial charge in [-0.15, -0.1) is 0 Å². The molecular weight excluding hydrogens is 260 g/mol. The fourth-order valence-corrected chi connectivity index (χ4v) is 3.89. The first-order valence-corrected chi connectivity index (χ1v) is 7.79. The lowest BCUT2D eigenvalue weighted by Gasteiger charge is -2.36. The summed E-state index contributed by atoms with van der Waals surface area (Å²) in [6.45, 7) is 0. The number of hydrogen-bond donors (Lipinski definition) is 0. The highest BCUT2D eigenvalue weighted by Crippen LogP contribution is 2.45. The summed E-state index contributed by atoms with van der Waals surface area (Å²) in [5.41, 5.74) is 4.63. The van der Waals surface area contributed by atoms with Crippen molar-refractivity contribution >= 4 is 5.91 Å². The van der Waals surface area contributed by atoms with Crippen LogP contribution in [0.4, 0.5) is 0 Å². The third-order valence-electron chi connectivity index (χ3n) is 5.08. The van der Waals surface area contributed by atoms with Crippen LogP contribution in [0.5, 0.6) is 0 Å². The highest BCUT2D eigenvalue weighted by Gasteiger charge is 2.42. The van der Waals surface area contributed by atoms with Crippen LogP contribution in [0.1, 0.15) is 54.4 Å². The average Bonchev–Trinajstić information content (AvgIpc) is 3.33. The van der Waals surface area contributed by atoms with E-state index in [1.807, 2.05) is 0 Å². The van der Waals surface area contributed by atoms with Crippen LogP contribution in [-0.4, -0.2) is 22.9 Å². The molecule has 0 N–H and O–H groups in total. The topological polar surface area (TPSA) is 44.1 Å². The van der Waals surface area contributed by atoms with E-state index in [4.69, 9.17) is 5.26 Å². The van der Waals surface area contributed by atoms with Gasteiger partial charge in [-0.3, -0.25) is 4.79 Å². The first-order chi connectivity index (χ1) is 10.3. The normalized spacial score (nSPS) is 26.7. The van der Waals surface area contributed by atoms with E-state index in [0.29, 0.717) is 23.2 Å². The Balaban J connectivity index is 1.57. The summed E-state index contributed by atoms with van der Waals surface area (Å²) in [6, 6.07) is 9.93. The van der Waals surface area contributed by atoms with Crippen LogP contribution in [0.3, 0.4) is 0 Å². The lowest BCUT2D eigenvalue weighted by Crippen LogP contribution is -2.44. The van der Waals surface area contributed by atoms with Gasteiger partial charge >= 0.3 is 0 Å². The van der Waals surface area contributed by atoms with Crippen molar-refractivity contribution in [3.8, 4) is 6.07 Å². The smallest absolute Gasteiger partial charge is 0.254 e. The Morgan fingerprint density at radius 2 is 1.67 bits per heavy atom. The zero-order valence-corrected chi connectivity index (χ0v) is 12.0. The first kappa shape index (κ1) is 12.6. The van der Waals surface area contributed by atoms with Crippen molar-refractivity contribution in [3.63, 3.8) is 0 Å². The van der Waals surface area contributed by atoms with Crippen LogP contribution < -0.4 is 0 Å². The predicted octanol–water partition coefficient (Wildman–Crippen LogP) is 3.42. The summed E-state index contributed by atoms with van der Waals surface area (Å²) >= 11 is 0. The largest absolute Gasteiger partial charge is 0.332 e. The number of benzene rings is 1. The van der Waals surface area contributed by atoms with Crippen LogP contribution in [0.15, 0.2) is 35.4 Å². The number of amides is 1. The molecule has 1 aliphatic carbocycles. The highest BCUT2D eigenvalue weighted by molar-refractivity contribution is 5.95. The first-order valence-electron chi connectivity index (χ1n) is 7.79. The Hall–Kier alpha value is -2.08. The zero-order chi connectivity index (χ0) is 14.4. The molecule has 2 aliphatic heterocycles. The second kappa shape index (κ2) is 4.73. The molecule has 106 valence electrons. The molecule has 1 amide bonds. The third kappa shape index (κ3) is 2.15. The van der Waals surface area contributed by atoms with Gasteiger partial charge < -0.3 is 4.90 Å². The number of allylic oxidation sites excluding steroid dienone is 1. The van der Waals surface area contributed by atoms with E-state index in [2.05, 4.69) is 11.0 Å². The minimum absolute atomic E-state index is 0.145. The van der Waals surface area contributed by atoms with Crippen molar-refractivity contribution in [2.45, 2.75) is 50.6 Å². The molecule has 0 radical (unpaired) electrons. The molecule has 2 heterocycles. The van der Waals surface area contributed by atoms with E-state index in [1.165, 1.54) is 12.8 Å². The molecule has 2 bridgehead atoms. The van der Waals surface area contributed by atoms with Gasteiger partial charge in [0, 0.05) is 17.6 Å². The molecule has 21 heavy (non-hydrogen) atoms. The molecule has 3 heteroatoms. The van der Waals surface area contributed by atoms with Crippen LogP contribution in [-0.2, 0) is 0 Å². The molecule has 3 nitrogen and oxygen atoms in total. The molecule has 0 spiro atoms. The van der Waals surface area contributed by atoms with Crippen molar-refractivity contribution in [3.05, 3.63) is 46.5 Å². The van der Waals surface area contributed by atoms with E-state index < -0.39 is 0 Å². The molecule has 2 saturated heterocycles. The quantitative estimate of drug-likeness (QED) is 0.739. The van der Waals surface area contributed by atoms with E-state index in [1.54, 1.807) is 35.4 Å². The molecule has 3 fully saturated rings. The van der Waals surface area contributed by atoms with Gasteiger partial charge in [0.05, 0.1) is 11.6 Å². The molecule has 4 rings (SSSR count). The fourth-order valence-electron chi connectivity index (χ4n) is 3.89. The van der Waals surface area contributed by atoms with Crippen LogP contribution in [0.2, 0.25) is 0 Å². The monoisotopic (exact) mass is 278 g/mol. The summed E-state index contributed by atoms with van der Waals surface area (Å²) in [5.74, 6) is 0.145. The summed E-state index contributed by atoms with van der Waals surface area (Å²) < 4.78 is 0. The SMILES string of the molecule is N#Cc1ccc(C(=O)N2C3CCC2CC(=C2CC2)C3)cc1. The van der Waals surface area contributed by atoms with Crippen LogP contribution in [0.25, 0.3) is 0 Å². The fraction of sp³-hybridized carbons (Fsp3) is 0.444. The Labute approximate surface area is 124 Å². The van der Waals surface area contributed by atoms with Crippen molar-refractivity contribution in [2.75, 3.05) is 0 Å². The summed E-state index contributed by atoms with van der Waals surface area (Å²) in [5, 5.41) is 8.85. The number of nitrogens with zero attached hydrogens (tertiary/aromatic N) is 2. The lowest BCUT2D eigenvalue weighted by molar-refractivity contribution is 0.0634. The molecular formula is C18H18N2O. The third-order valence-corrected chi connectivity index (χ3v) is 5.08. The second-order valence-electron chi connectivity index (χ2n) is 6.40. The minimum atomic E-state index is 0.145. The maximum atomic E-state index is 12.8. The Morgan fingerprint density at radius 3 is 2.19 bits per heavy atom. The van der Waals surface area contributed by atoms with Gasteiger partial charge in [-0.2, -0.15) is 5.26 Å². The summed E-state index contributed by atoms with van der Waals surface area (Å²) in [4.78, 5) is 14.9. The van der Waals surface area contributed by atoms with Gasteiger partial charge in [0.1, 0.15) is 0 Å². The van der Waals surface area contributed by atoms with Crippen LogP contribution in [0, 0.1) is 11.3 Å². The van der Waals surface area contributed by atoms with Gasteiger partial charge in [-0.05, 0) is 62.8 Å². The van der Waals surface area contributed by atoms with Gasteiger partial charge in [-0.25, -0.2) is 0 Å². The summed E-state index contributed by atoms with van der Waals surface area (Å²) in [7, 11) is 0. The number of rotatable bonds is 1. The van der Waals surface area contributed by atoms with Gasteiger partial charge in [-0.1, -0.05) is 11.1 Å². The molecule has 3 aliphatic rings. The molecule has 0 aromatic heterocycles. The van der Waals surface area contributed by atoms with E-state index in [9.17, 15) is 4.79 Å². The molecule has 2 atom stereocenters. The maximum absolute atomic E-state index is 12.8. The van der Waals surface area contributed by atoms with Gasteiger partial charge in [0.15, 0.2) is 0 Å². The van der Waals surface area contributed by atoms with E-state index >= 15 is 0 Å². The predicted molar refractivity (Wildman–Crippen MR) is 79.6 cm³/mol. The number of carbonyl (C=O) groups excluding carboxylic acids is 1. The zero-order valence-electron chi connectivity index (χ0n) is 12.0. The number of nitriles is 1. The maximum Gasteiger partial charge on any atom is 0.254 e. The lowest BCUT2D eigenvalue weighted by atomic mass is 9.95. The molecule has 2 unspecified atom stereocenters. The summed E-state index contributed by atoms with van der Waals surface area (Å²) in [6.07, 6.45) is 7.05. The number of fused-ring (bicyclic) bond motifs is 2. The van der Waals surface area contributed by atoms with Crippen molar-refractivity contribution in [2.24, 2.45) is 0 Å². The Kier molecular flexibility index (Phi) is 2.85. The van der Waals surface area contributed by atoms with E-state index in [0.717, 1.165) is 25.7 Å². The molecule has 1 aromatic carbocycles. The standard InChI is InChI=1S/C18H18N2O/c19-11-12-1-3-14(4-2-12)18(21)20-16-7-8-17(20)10-15(9-16)13-5-6-13/h1-4,16-17H,5-10H2. The number of hydrogen-bond acceptors (Lipinski definition) is 2. The van der Waals surface area contributed by atoms with E-state index in [-0.39, 0.29) is 5.91 Å². The second-order valence-corrected chi connectivity index (χ2v) is 6.40. The number of carbonyl (C=O) groups is 1.